The predicted molar refractivity (Wildman–Crippen MR) is 143 cm³/mol. The first-order valence-corrected chi connectivity index (χ1v) is 12.4. The lowest BCUT2D eigenvalue weighted by Gasteiger charge is -2.36. The van der Waals surface area contributed by atoms with E-state index in [0.717, 1.165) is 32.0 Å². The molecule has 3 heterocycles. The number of benzene rings is 2. The van der Waals surface area contributed by atoms with E-state index in [9.17, 15) is 9.59 Å². The van der Waals surface area contributed by atoms with Crippen LogP contribution in [0.2, 0.25) is 0 Å². The van der Waals surface area contributed by atoms with Crippen LogP contribution in [0.15, 0.2) is 88.1 Å². The fourth-order valence-electron chi connectivity index (χ4n) is 4.32. The van der Waals surface area contributed by atoms with E-state index < -0.39 is 5.91 Å². The third-order valence-corrected chi connectivity index (χ3v) is 6.20. The Kier molecular flexibility index (Phi) is 7.21. The second-order valence-electron chi connectivity index (χ2n) is 8.65. The molecule has 0 aliphatic carbocycles. The normalized spacial score (nSPS) is 13.4. The van der Waals surface area contributed by atoms with Gasteiger partial charge in [-0.3, -0.25) is 9.59 Å². The highest BCUT2D eigenvalue weighted by atomic mass is 16.5. The maximum absolute atomic E-state index is 12.7. The summed E-state index contributed by atoms with van der Waals surface area (Å²) < 4.78 is 12.7. The number of piperazine rings is 1. The molecule has 9 nitrogen and oxygen atoms in total. The van der Waals surface area contributed by atoms with E-state index in [4.69, 9.17) is 9.15 Å². The van der Waals surface area contributed by atoms with Crippen molar-refractivity contribution < 1.29 is 13.9 Å². The number of hydrogen-bond donors (Lipinski definition) is 1. The Morgan fingerprint density at radius 1 is 0.919 bits per heavy atom. The highest BCUT2D eigenvalue weighted by Crippen LogP contribution is 2.25. The van der Waals surface area contributed by atoms with Gasteiger partial charge in [0.15, 0.2) is 5.76 Å². The van der Waals surface area contributed by atoms with Gasteiger partial charge >= 0.3 is 0 Å². The van der Waals surface area contributed by atoms with Gasteiger partial charge in [0, 0.05) is 37.9 Å². The van der Waals surface area contributed by atoms with Crippen LogP contribution < -0.4 is 25.4 Å². The highest BCUT2D eigenvalue weighted by Gasteiger charge is 2.20. The summed E-state index contributed by atoms with van der Waals surface area (Å²) in [6, 6.07) is 24.1. The van der Waals surface area contributed by atoms with Gasteiger partial charge in [-0.05, 0) is 49.4 Å². The molecule has 9 heteroatoms. The van der Waals surface area contributed by atoms with E-state index in [1.165, 1.54) is 16.4 Å². The molecule has 2 aromatic carbocycles. The molecule has 0 saturated carbocycles. The first kappa shape index (κ1) is 24.2. The number of anilines is 3. The lowest BCUT2D eigenvalue weighted by atomic mass is 10.2. The summed E-state index contributed by atoms with van der Waals surface area (Å²) >= 11 is 0. The van der Waals surface area contributed by atoms with Crippen molar-refractivity contribution >= 4 is 23.1 Å². The van der Waals surface area contributed by atoms with Crippen LogP contribution in [0, 0.1) is 0 Å². The number of ether oxygens (including phenoxy) is 1. The minimum Gasteiger partial charge on any atom is -0.492 e. The number of nitrogens with zero attached hydrogens (tertiary/aromatic N) is 4. The van der Waals surface area contributed by atoms with Crippen LogP contribution in [-0.4, -0.2) is 48.5 Å². The summed E-state index contributed by atoms with van der Waals surface area (Å²) in [6.07, 6.45) is 0. The third-order valence-electron chi connectivity index (χ3n) is 6.20. The molecule has 1 N–H and O–H groups in total. The van der Waals surface area contributed by atoms with Crippen molar-refractivity contribution in [3.8, 4) is 5.75 Å². The number of aromatic nitrogens is 2. The number of hydrogen-bond acceptors (Lipinski definition) is 7. The van der Waals surface area contributed by atoms with Crippen molar-refractivity contribution in [1.29, 1.82) is 0 Å². The van der Waals surface area contributed by atoms with Gasteiger partial charge < -0.3 is 24.3 Å². The van der Waals surface area contributed by atoms with Crippen molar-refractivity contribution in [3.63, 3.8) is 0 Å². The Hall–Kier alpha value is -4.53. The molecule has 0 radical (unpaired) electrons. The van der Waals surface area contributed by atoms with Crippen LogP contribution >= 0.6 is 0 Å². The minimum atomic E-state index is -0.399. The Morgan fingerprint density at radius 3 is 2.43 bits per heavy atom. The second kappa shape index (κ2) is 11.0. The monoisotopic (exact) mass is 499 g/mol. The van der Waals surface area contributed by atoms with Gasteiger partial charge in [-0.15, -0.1) is 0 Å². The molecule has 1 saturated heterocycles. The number of nitrogens with one attached hydrogen (secondary N) is 1. The van der Waals surface area contributed by atoms with E-state index in [-0.39, 0.29) is 17.9 Å². The second-order valence-corrected chi connectivity index (χ2v) is 8.65. The summed E-state index contributed by atoms with van der Waals surface area (Å²) in [5.41, 5.74) is 1.53. The predicted octanol–water partition coefficient (Wildman–Crippen LogP) is 3.86. The first-order chi connectivity index (χ1) is 18.1. The van der Waals surface area contributed by atoms with Crippen molar-refractivity contribution in [2.24, 2.45) is 0 Å². The zero-order valence-corrected chi connectivity index (χ0v) is 20.7. The molecule has 1 fully saturated rings. The molecule has 5 rings (SSSR count). The number of rotatable bonds is 8. The molecule has 0 bridgehead atoms. The number of furan rings is 1. The molecule has 37 heavy (non-hydrogen) atoms. The molecule has 4 aromatic rings. The SMILES string of the molecule is CCOc1ccccc1NC(=O)c1ccc(Cn2nc(N3CCN(c4ccccc4)CC3)ccc2=O)o1. The lowest BCUT2D eigenvalue weighted by molar-refractivity contribution is 0.0994. The zero-order chi connectivity index (χ0) is 25.6. The van der Waals surface area contributed by atoms with Gasteiger partial charge in [0.2, 0.25) is 0 Å². The summed E-state index contributed by atoms with van der Waals surface area (Å²) in [5.74, 6) is 1.53. The van der Waals surface area contributed by atoms with Crippen LogP contribution in [0.5, 0.6) is 5.75 Å². The average molecular weight is 500 g/mol. The van der Waals surface area contributed by atoms with Gasteiger partial charge in [0.25, 0.3) is 11.5 Å². The molecular weight excluding hydrogens is 470 g/mol. The third kappa shape index (κ3) is 5.66. The molecule has 1 aliphatic heterocycles. The van der Waals surface area contributed by atoms with E-state index in [2.05, 4.69) is 32.3 Å². The van der Waals surface area contributed by atoms with Gasteiger partial charge in [-0.25, -0.2) is 4.68 Å². The van der Waals surface area contributed by atoms with E-state index in [1.807, 2.05) is 37.3 Å². The average Bonchev–Trinajstić information content (AvgIpc) is 3.41. The summed E-state index contributed by atoms with van der Waals surface area (Å²) in [5, 5.41) is 7.39. The van der Waals surface area contributed by atoms with Crippen LogP contribution in [0.3, 0.4) is 0 Å². The van der Waals surface area contributed by atoms with Gasteiger partial charge in [0.05, 0.1) is 12.3 Å². The lowest BCUT2D eigenvalue weighted by Crippen LogP contribution is -2.47. The maximum Gasteiger partial charge on any atom is 0.291 e. The van der Waals surface area contributed by atoms with Gasteiger partial charge in [-0.2, -0.15) is 5.10 Å². The molecule has 0 spiro atoms. The van der Waals surface area contributed by atoms with Crippen LogP contribution in [0.1, 0.15) is 23.2 Å². The maximum atomic E-state index is 12.7. The summed E-state index contributed by atoms with van der Waals surface area (Å²) in [6.45, 7) is 5.83. The minimum absolute atomic E-state index is 0.124. The van der Waals surface area contributed by atoms with E-state index in [1.54, 1.807) is 30.3 Å². The smallest absolute Gasteiger partial charge is 0.291 e. The van der Waals surface area contributed by atoms with Crippen molar-refractivity contribution in [2.45, 2.75) is 13.5 Å². The van der Waals surface area contributed by atoms with Crippen LogP contribution in [0.25, 0.3) is 0 Å². The van der Waals surface area contributed by atoms with Crippen LogP contribution in [0.4, 0.5) is 17.2 Å². The molecule has 1 aliphatic rings. The largest absolute Gasteiger partial charge is 0.492 e. The Balaban J connectivity index is 1.24. The van der Waals surface area contributed by atoms with Crippen molar-refractivity contribution in [2.75, 3.05) is 47.9 Å². The molecular formula is C28H29N5O4. The van der Waals surface area contributed by atoms with E-state index >= 15 is 0 Å². The number of carbonyl (C=O) groups excluding carboxylic acids is 1. The number of amides is 1. The quantitative estimate of drug-likeness (QED) is 0.394. The van der Waals surface area contributed by atoms with Crippen molar-refractivity contribution in [1.82, 2.24) is 9.78 Å². The van der Waals surface area contributed by atoms with Crippen molar-refractivity contribution in [3.05, 3.63) is 101 Å². The highest BCUT2D eigenvalue weighted by molar-refractivity contribution is 6.03. The van der Waals surface area contributed by atoms with Gasteiger partial charge in [-0.1, -0.05) is 30.3 Å². The fraction of sp³-hybridized carbons (Fsp3) is 0.250. The zero-order valence-electron chi connectivity index (χ0n) is 20.7. The van der Waals surface area contributed by atoms with E-state index in [0.29, 0.717) is 23.8 Å². The summed E-state index contributed by atoms with van der Waals surface area (Å²) in [7, 11) is 0. The van der Waals surface area contributed by atoms with Crippen LogP contribution in [-0.2, 0) is 6.54 Å². The standard InChI is InChI=1S/C28H29N5O4/c1-2-36-24-11-7-6-10-23(24)29-28(35)25-13-12-22(37-25)20-33-27(34)15-14-26(30-33)32-18-16-31(17-19-32)21-8-4-3-5-9-21/h3-15H,2,16-20H2,1H3,(H,29,35). The molecule has 0 atom stereocenters. The molecule has 2 aromatic heterocycles. The number of carbonyl (C=O) groups is 1. The Bertz CT molecular complexity index is 1410. The van der Waals surface area contributed by atoms with Gasteiger partial charge in [0.1, 0.15) is 23.9 Å². The number of para-hydroxylation sites is 3. The molecule has 0 unspecified atom stereocenters. The molecule has 1 amide bonds. The topological polar surface area (TPSA) is 92.8 Å². The summed E-state index contributed by atoms with van der Waals surface area (Å²) in [4.78, 5) is 29.8. The Labute approximate surface area is 214 Å². The first-order valence-electron chi connectivity index (χ1n) is 12.4. The molecule has 190 valence electrons. The fourth-order valence-corrected chi connectivity index (χ4v) is 4.32. The Morgan fingerprint density at radius 2 is 1.65 bits per heavy atom.